The van der Waals surface area contributed by atoms with E-state index in [0.717, 1.165) is 17.7 Å². The number of hydrazone groups is 1. The number of carbonyl (C=O) groups excluding carboxylic acids is 3. The maximum atomic E-state index is 13.5. The zero-order valence-corrected chi connectivity index (χ0v) is 24.3. The van der Waals surface area contributed by atoms with Crippen molar-refractivity contribution in [2.75, 3.05) is 23.2 Å². The summed E-state index contributed by atoms with van der Waals surface area (Å²) in [5, 5.41) is 9.75. The molecule has 0 aliphatic heterocycles. The van der Waals surface area contributed by atoms with Crippen LogP contribution in [0.25, 0.3) is 6.08 Å². The average Bonchev–Trinajstić information content (AvgIpc) is 3.01. The first kappa shape index (κ1) is 29.9. The normalized spacial score (nSPS) is 13.5. The van der Waals surface area contributed by atoms with Crippen LogP contribution in [0.15, 0.2) is 107 Å². The van der Waals surface area contributed by atoms with Gasteiger partial charge in [-0.25, -0.2) is 8.42 Å². The number of Topliss-reactive ketones (excluding diaryl/α,β-unsaturated/α-hetero) is 1. The number of hydrogen-bond donors (Lipinski definition) is 3. The number of rotatable bonds is 8. The summed E-state index contributed by atoms with van der Waals surface area (Å²) >= 11 is 0. The molecule has 0 spiro atoms. The first-order chi connectivity index (χ1) is 21.0. The number of carbonyl (C=O) groups is 3. The van der Waals surface area contributed by atoms with Crippen LogP contribution in [0.3, 0.4) is 0 Å². The number of anilines is 3. The van der Waals surface area contributed by atoms with E-state index >= 15 is 0 Å². The molecule has 0 aromatic heterocycles. The number of nitrogens with zero attached hydrogens (tertiary/aromatic N) is 1. The van der Waals surface area contributed by atoms with Crippen LogP contribution in [0.1, 0.15) is 27.0 Å². The van der Waals surface area contributed by atoms with E-state index in [2.05, 4.69) is 21.2 Å². The van der Waals surface area contributed by atoms with Gasteiger partial charge in [0.25, 0.3) is 11.8 Å². The Bertz CT molecular complexity index is 1950. The molecule has 0 saturated carbocycles. The molecule has 2 amide bonds. The summed E-state index contributed by atoms with van der Waals surface area (Å²) in [7, 11) is -3.08. The van der Waals surface area contributed by atoms with Crippen LogP contribution in [0.5, 0.6) is 5.75 Å². The van der Waals surface area contributed by atoms with Crippen LogP contribution in [0.4, 0.5) is 17.1 Å². The summed E-state index contributed by atoms with van der Waals surface area (Å²) in [6.07, 6.45) is 1.52. The number of hydrogen-bond acceptors (Lipinski definition) is 9. The zero-order chi connectivity index (χ0) is 31.4. The Morgan fingerprint density at radius 2 is 1.48 bits per heavy atom. The summed E-state index contributed by atoms with van der Waals surface area (Å²) in [5.74, 6) is -1.07. The predicted molar refractivity (Wildman–Crippen MR) is 165 cm³/mol. The topological polar surface area (TPSA) is 166 Å². The lowest BCUT2D eigenvalue weighted by Crippen LogP contribution is -2.30. The second kappa shape index (κ2) is 12.3. The van der Waals surface area contributed by atoms with E-state index in [0.29, 0.717) is 28.3 Å². The van der Waals surface area contributed by atoms with E-state index in [4.69, 9.17) is 4.74 Å². The number of aryl methyl sites for hydroxylation is 1. The van der Waals surface area contributed by atoms with Crippen LogP contribution in [0, 0.1) is 6.92 Å². The molecule has 3 N–H and O–H groups in total. The molecule has 4 aromatic rings. The van der Waals surface area contributed by atoms with Gasteiger partial charge < -0.3 is 19.9 Å². The first-order valence-corrected chi connectivity index (χ1v) is 14.6. The van der Waals surface area contributed by atoms with Crippen molar-refractivity contribution in [2.45, 2.75) is 11.8 Å². The van der Waals surface area contributed by atoms with Crippen molar-refractivity contribution in [3.8, 4) is 5.75 Å². The minimum atomic E-state index is -4.61. The number of nitrogens with one attached hydrogen (secondary N) is 3. The highest BCUT2D eigenvalue weighted by atomic mass is 32.2. The molecule has 0 heterocycles. The van der Waals surface area contributed by atoms with Gasteiger partial charge >= 0.3 is 0 Å². The second-order valence-corrected chi connectivity index (χ2v) is 11.1. The number of amides is 2. The Hall–Kier alpha value is -5.59. The van der Waals surface area contributed by atoms with E-state index in [9.17, 15) is 27.4 Å². The molecule has 44 heavy (non-hydrogen) atoms. The summed E-state index contributed by atoms with van der Waals surface area (Å²) in [4.78, 5) is 39.2. The predicted octanol–water partition coefficient (Wildman–Crippen LogP) is 4.58. The van der Waals surface area contributed by atoms with Gasteiger partial charge in [0.1, 0.15) is 21.6 Å². The van der Waals surface area contributed by atoms with Gasteiger partial charge in [0.15, 0.2) is 0 Å². The maximum absolute atomic E-state index is 13.5. The number of benzene rings is 4. The van der Waals surface area contributed by atoms with Gasteiger partial charge in [0.2, 0.25) is 5.78 Å². The van der Waals surface area contributed by atoms with Crippen molar-refractivity contribution < 1.29 is 32.1 Å². The molecular weight excluding hydrogens is 584 g/mol. The highest BCUT2D eigenvalue weighted by Crippen LogP contribution is 2.25. The number of methoxy groups -OCH3 is 1. The molecule has 0 bridgehead atoms. The van der Waals surface area contributed by atoms with Crippen LogP contribution >= 0.6 is 0 Å². The lowest BCUT2D eigenvalue weighted by Gasteiger charge is -2.18. The highest BCUT2D eigenvalue weighted by Gasteiger charge is 2.30. The number of ketones is 1. The van der Waals surface area contributed by atoms with E-state index in [-0.39, 0.29) is 22.5 Å². The fourth-order valence-electron chi connectivity index (χ4n) is 4.37. The first-order valence-electron chi connectivity index (χ1n) is 13.2. The monoisotopic (exact) mass is 609 g/mol. The molecule has 1 aliphatic carbocycles. The second-order valence-electron chi connectivity index (χ2n) is 9.69. The molecular formula is C32H25N4O7S-. The molecule has 222 valence electrons. The SMILES string of the molecule is COc1ccc(NC(=O)C2=Cc3ccccc3/C(=N\Nc3cc(C(=O)Nc4ccc(S(=O)(=O)[O-])cc4)ccc3C)C2=O)cc1. The van der Waals surface area contributed by atoms with Gasteiger partial charge in [-0.15, -0.1) is 0 Å². The molecule has 0 radical (unpaired) electrons. The fraction of sp³-hybridized carbons (Fsp3) is 0.0625. The standard InChI is InChI=1S/C32H26N4O7S/c1-19-7-8-21(31(38)33-23-11-15-25(16-12-23)44(40,41)42)18-28(19)35-36-29-26-6-4-3-5-20(26)17-27(30(29)37)32(39)34-22-9-13-24(43-2)14-10-22/h3-18,35H,1-2H3,(H,33,38)(H,34,39)(H,40,41,42)/p-1/b36-29+. The van der Waals surface area contributed by atoms with E-state index < -0.39 is 32.6 Å². The molecule has 12 heteroatoms. The smallest absolute Gasteiger partial charge is 0.259 e. The van der Waals surface area contributed by atoms with Crippen molar-refractivity contribution >= 4 is 56.6 Å². The third kappa shape index (κ3) is 6.56. The largest absolute Gasteiger partial charge is 0.744 e. The van der Waals surface area contributed by atoms with Crippen LogP contribution < -0.4 is 20.8 Å². The number of ether oxygens (including phenoxy) is 1. The van der Waals surface area contributed by atoms with Crippen LogP contribution in [-0.4, -0.2) is 43.4 Å². The van der Waals surface area contributed by atoms with Crippen LogP contribution in [-0.2, 0) is 19.7 Å². The van der Waals surface area contributed by atoms with E-state index in [1.165, 1.54) is 31.4 Å². The van der Waals surface area contributed by atoms with Crippen molar-refractivity contribution in [1.82, 2.24) is 0 Å². The molecule has 0 atom stereocenters. The quantitative estimate of drug-likeness (QED) is 0.148. The Balaban J connectivity index is 1.37. The Morgan fingerprint density at radius 3 is 2.14 bits per heavy atom. The molecule has 4 aromatic carbocycles. The molecule has 0 saturated heterocycles. The number of fused-ring (bicyclic) bond motifs is 1. The summed E-state index contributed by atoms with van der Waals surface area (Å²) in [5.41, 5.74) is 6.12. The zero-order valence-electron chi connectivity index (χ0n) is 23.5. The van der Waals surface area contributed by atoms with Gasteiger partial charge in [-0.3, -0.25) is 19.8 Å². The minimum absolute atomic E-state index is 0.0191. The Labute approximate surface area is 253 Å². The van der Waals surface area contributed by atoms with Crippen molar-refractivity contribution in [3.05, 3.63) is 119 Å². The van der Waals surface area contributed by atoms with Gasteiger partial charge in [0, 0.05) is 22.5 Å². The third-order valence-corrected chi connectivity index (χ3v) is 7.61. The van der Waals surface area contributed by atoms with Crippen molar-refractivity contribution in [1.29, 1.82) is 0 Å². The van der Waals surface area contributed by atoms with Gasteiger partial charge in [-0.2, -0.15) is 5.10 Å². The molecule has 0 unspecified atom stereocenters. The van der Waals surface area contributed by atoms with E-state index in [1.807, 2.05) is 0 Å². The summed E-state index contributed by atoms with van der Waals surface area (Å²) in [6.45, 7) is 1.79. The van der Waals surface area contributed by atoms with Gasteiger partial charge in [-0.05, 0) is 84.8 Å². The Morgan fingerprint density at radius 1 is 0.841 bits per heavy atom. The minimum Gasteiger partial charge on any atom is -0.744 e. The van der Waals surface area contributed by atoms with Crippen molar-refractivity contribution in [3.63, 3.8) is 0 Å². The molecule has 5 rings (SSSR count). The highest BCUT2D eigenvalue weighted by molar-refractivity contribution is 7.85. The average molecular weight is 610 g/mol. The molecule has 11 nitrogen and oxygen atoms in total. The molecule has 1 aliphatic rings. The fourth-order valence-corrected chi connectivity index (χ4v) is 4.84. The lowest BCUT2D eigenvalue weighted by molar-refractivity contribution is -0.116. The maximum Gasteiger partial charge on any atom is 0.259 e. The van der Waals surface area contributed by atoms with E-state index in [1.54, 1.807) is 67.6 Å². The molecule has 0 fully saturated rings. The lowest BCUT2D eigenvalue weighted by atomic mass is 9.89. The Kier molecular flexibility index (Phi) is 8.38. The third-order valence-electron chi connectivity index (χ3n) is 6.76. The summed E-state index contributed by atoms with van der Waals surface area (Å²) < 4.78 is 38.6. The summed E-state index contributed by atoms with van der Waals surface area (Å²) in [6, 6.07) is 23.4. The van der Waals surface area contributed by atoms with Gasteiger partial charge in [-0.1, -0.05) is 30.3 Å². The van der Waals surface area contributed by atoms with Crippen LogP contribution in [0.2, 0.25) is 0 Å². The van der Waals surface area contributed by atoms with Gasteiger partial charge in [0.05, 0.1) is 23.3 Å². The van der Waals surface area contributed by atoms with Crippen molar-refractivity contribution in [2.24, 2.45) is 5.10 Å².